The summed E-state index contributed by atoms with van der Waals surface area (Å²) in [6.07, 6.45) is -4.08. The number of aromatic nitrogens is 1. The zero-order chi connectivity index (χ0) is 15.8. The number of hydrogen-bond donors (Lipinski definition) is 2. The molecule has 0 bridgehead atoms. The van der Waals surface area contributed by atoms with Gasteiger partial charge in [0.2, 0.25) is 0 Å². The minimum atomic E-state index is -5.28. The fourth-order valence-corrected chi connectivity index (χ4v) is 1.73. The van der Waals surface area contributed by atoms with E-state index in [4.69, 9.17) is 5.73 Å². The number of H-pyrrole nitrogens is 1. The summed E-state index contributed by atoms with van der Waals surface area (Å²) in [6.45, 7) is 0. The monoisotopic (exact) mass is 300 g/mol. The molecule has 0 spiro atoms. The van der Waals surface area contributed by atoms with Crippen molar-refractivity contribution in [1.82, 2.24) is 4.98 Å². The van der Waals surface area contributed by atoms with Crippen molar-refractivity contribution in [1.29, 1.82) is 0 Å². The van der Waals surface area contributed by atoms with Gasteiger partial charge in [-0.05, 0) is 6.07 Å². The van der Waals surface area contributed by atoms with Crippen molar-refractivity contribution in [3.63, 3.8) is 0 Å². The van der Waals surface area contributed by atoms with Crippen LogP contribution in [0.15, 0.2) is 24.4 Å². The summed E-state index contributed by atoms with van der Waals surface area (Å²) < 4.78 is 39.9. The van der Waals surface area contributed by atoms with Crippen molar-refractivity contribution < 1.29 is 32.3 Å². The third-order valence-electron chi connectivity index (χ3n) is 2.62. The van der Waals surface area contributed by atoms with Gasteiger partial charge in [-0.3, -0.25) is 4.79 Å². The van der Waals surface area contributed by atoms with Crippen LogP contribution < -0.4 is 5.73 Å². The van der Waals surface area contributed by atoms with Crippen LogP contribution in [-0.2, 0) is 9.53 Å². The van der Waals surface area contributed by atoms with Crippen LogP contribution >= 0.6 is 0 Å². The van der Waals surface area contributed by atoms with Gasteiger partial charge in [0.1, 0.15) is 0 Å². The molecule has 6 nitrogen and oxygen atoms in total. The highest BCUT2D eigenvalue weighted by molar-refractivity contribution is 6.12. The van der Waals surface area contributed by atoms with E-state index in [9.17, 15) is 27.6 Å². The summed E-state index contributed by atoms with van der Waals surface area (Å²) in [7, 11) is 0. The third-order valence-corrected chi connectivity index (χ3v) is 2.62. The fraction of sp³-hybridized carbons (Fsp3) is 0.0833. The van der Waals surface area contributed by atoms with Crippen LogP contribution in [0.1, 0.15) is 20.7 Å². The van der Waals surface area contributed by atoms with Gasteiger partial charge in [0.05, 0.1) is 16.6 Å². The zero-order valence-corrected chi connectivity index (χ0v) is 10.2. The Morgan fingerprint density at radius 3 is 2.38 bits per heavy atom. The number of para-hydroxylation sites is 1. The lowest BCUT2D eigenvalue weighted by Gasteiger charge is -2.06. The Bertz CT molecular complexity index is 749. The molecule has 2 rings (SSSR count). The second-order valence-corrected chi connectivity index (χ2v) is 3.97. The molecule has 0 atom stereocenters. The molecule has 9 heteroatoms. The molecule has 110 valence electrons. The number of alkyl halides is 3. The number of nitrogens with two attached hydrogens (primary N) is 1. The fourth-order valence-electron chi connectivity index (χ4n) is 1.73. The van der Waals surface area contributed by atoms with Gasteiger partial charge < -0.3 is 15.5 Å². The zero-order valence-electron chi connectivity index (χ0n) is 10.2. The van der Waals surface area contributed by atoms with E-state index in [1.165, 1.54) is 18.3 Å². The predicted molar refractivity (Wildman–Crippen MR) is 63.3 cm³/mol. The van der Waals surface area contributed by atoms with E-state index in [1.54, 1.807) is 0 Å². The Morgan fingerprint density at radius 2 is 1.81 bits per heavy atom. The Hall–Kier alpha value is -2.84. The van der Waals surface area contributed by atoms with Gasteiger partial charge in [0.15, 0.2) is 0 Å². The number of nitrogens with one attached hydrogen (secondary N) is 1. The largest absolute Gasteiger partial charge is 0.491 e. The minimum absolute atomic E-state index is 0.0475. The molecule has 1 amide bonds. The molecule has 1 aromatic carbocycles. The summed E-state index contributed by atoms with van der Waals surface area (Å²) in [4.78, 5) is 35.9. The van der Waals surface area contributed by atoms with Gasteiger partial charge >= 0.3 is 18.1 Å². The van der Waals surface area contributed by atoms with Gasteiger partial charge in [-0.25, -0.2) is 9.59 Å². The molecule has 0 radical (unpaired) electrons. The van der Waals surface area contributed by atoms with E-state index in [2.05, 4.69) is 9.72 Å². The molecule has 1 heterocycles. The molecule has 0 aliphatic heterocycles. The number of carbonyl (C=O) groups excluding carboxylic acids is 3. The number of esters is 2. The molecule has 3 N–H and O–H groups in total. The van der Waals surface area contributed by atoms with E-state index in [1.807, 2.05) is 0 Å². The highest BCUT2D eigenvalue weighted by Gasteiger charge is 2.42. The molecule has 0 unspecified atom stereocenters. The topological polar surface area (TPSA) is 102 Å². The number of hydrogen-bond acceptors (Lipinski definition) is 4. The van der Waals surface area contributed by atoms with Gasteiger partial charge in [-0.1, -0.05) is 12.1 Å². The second-order valence-electron chi connectivity index (χ2n) is 3.97. The number of halogens is 3. The maximum Gasteiger partial charge on any atom is 0.491 e. The quantitative estimate of drug-likeness (QED) is 0.648. The molecule has 2 aromatic rings. The number of aromatic amines is 1. The Balaban J connectivity index is 2.41. The summed E-state index contributed by atoms with van der Waals surface area (Å²) in [5, 5.41) is 0.233. The van der Waals surface area contributed by atoms with E-state index < -0.39 is 24.0 Å². The number of ether oxygens (including phenoxy) is 1. The molecule has 0 aliphatic carbocycles. The molecule has 0 saturated carbocycles. The van der Waals surface area contributed by atoms with Crippen molar-refractivity contribution in [2.45, 2.75) is 6.18 Å². The van der Waals surface area contributed by atoms with Crippen molar-refractivity contribution >= 4 is 28.7 Å². The minimum Gasteiger partial charge on any atom is -0.383 e. The van der Waals surface area contributed by atoms with Crippen LogP contribution in [-0.4, -0.2) is 29.0 Å². The second kappa shape index (κ2) is 4.93. The summed E-state index contributed by atoms with van der Waals surface area (Å²) in [6, 6.07) is 3.90. The van der Waals surface area contributed by atoms with Crippen LogP contribution in [0.4, 0.5) is 13.2 Å². The molecular formula is C12H7F3N2O4. The lowest BCUT2D eigenvalue weighted by Crippen LogP contribution is -2.28. The van der Waals surface area contributed by atoms with Gasteiger partial charge in [0.25, 0.3) is 5.91 Å². The molecule has 0 aliphatic rings. The highest BCUT2D eigenvalue weighted by atomic mass is 19.4. The molecule has 1 aromatic heterocycles. The maximum atomic E-state index is 12.1. The predicted octanol–water partition coefficient (Wildman–Crippen LogP) is 1.51. The number of carbonyl (C=O) groups is 3. The van der Waals surface area contributed by atoms with Crippen LogP contribution in [0.2, 0.25) is 0 Å². The van der Waals surface area contributed by atoms with Gasteiger partial charge in [0, 0.05) is 11.6 Å². The highest BCUT2D eigenvalue weighted by Crippen LogP contribution is 2.23. The Kier molecular flexibility index (Phi) is 3.42. The summed E-state index contributed by atoms with van der Waals surface area (Å²) in [5.74, 6) is -4.88. The number of rotatable bonds is 2. The summed E-state index contributed by atoms with van der Waals surface area (Å²) in [5.41, 5.74) is 4.89. The van der Waals surface area contributed by atoms with E-state index >= 15 is 0 Å². The molecular weight excluding hydrogens is 293 g/mol. The van der Waals surface area contributed by atoms with Gasteiger partial charge in [-0.2, -0.15) is 13.2 Å². The third kappa shape index (κ3) is 2.71. The van der Waals surface area contributed by atoms with Crippen molar-refractivity contribution in [2.75, 3.05) is 0 Å². The SMILES string of the molecule is NC(=O)c1c[nH]c2c(C(=O)OC(=O)C(F)(F)F)cccc12. The Labute approximate surface area is 114 Å². The number of amides is 1. The van der Waals surface area contributed by atoms with E-state index in [0.717, 1.165) is 6.07 Å². The van der Waals surface area contributed by atoms with Crippen molar-refractivity contribution in [3.8, 4) is 0 Å². The first kappa shape index (κ1) is 14.6. The molecule has 21 heavy (non-hydrogen) atoms. The molecule has 0 fully saturated rings. The average Bonchev–Trinajstić information content (AvgIpc) is 2.80. The maximum absolute atomic E-state index is 12.1. The first-order valence-corrected chi connectivity index (χ1v) is 5.45. The average molecular weight is 300 g/mol. The van der Waals surface area contributed by atoms with Gasteiger partial charge in [-0.15, -0.1) is 0 Å². The van der Waals surface area contributed by atoms with Crippen LogP contribution in [0.3, 0.4) is 0 Å². The number of benzene rings is 1. The van der Waals surface area contributed by atoms with E-state index in [0.29, 0.717) is 0 Å². The first-order valence-electron chi connectivity index (χ1n) is 5.45. The standard InChI is InChI=1S/C12H7F3N2O4/c13-12(14,15)11(20)21-10(19)6-3-1-2-5-7(9(16)18)4-17-8(5)6/h1-4,17H,(H2,16,18). The lowest BCUT2D eigenvalue weighted by atomic mass is 10.1. The van der Waals surface area contributed by atoms with Crippen LogP contribution in [0, 0.1) is 0 Å². The summed E-state index contributed by atoms with van der Waals surface area (Å²) >= 11 is 0. The van der Waals surface area contributed by atoms with Crippen molar-refractivity contribution in [3.05, 3.63) is 35.5 Å². The number of primary amides is 1. The van der Waals surface area contributed by atoms with Crippen LogP contribution in [0.5, 0.6) is 0 Å². The lowest BCUT2D eigenvalue weighted by molar-refractivity contribution is -0.193. The van der Waals surface area contributed by atoms with Crippen molar-refractivity contribution in [2.24, 2.45) is 5.73 Å². The first-order chi connectivity index (χ1) is 9.71. The molecule has 0 saturated heterocycles. The number of fused-ring (bicyclic) bond motifs is 1. The Morgan fingerprint density at radius 1 is 1.14 bits per heavy atom. The smallest absolute Gasteiger partial charge is 0.383 e. The van der Waals surface area contributed by atoms with E-state index in [-0.39, 0.29) is 22.0 Å². The van der Waals surface area contributed by atoms with Crippen LogP contribution in [0.25, 0.3) is 10.9 Å². The normalized spacial score (nSPS) is 11.4.